The highest BCUT2D eigenvalue weighted by molar-refractivity contribution is 7.99. The van der Waals surface area contributed by atoms with E-state index in [1.54, 1.807) is 35.9 Å². The van der Waals surface area contributed by atoms with Gasteiger partial charge < -0.3 is 5.32 Å². The summed E-state index contributed by atoms with van der Waals surface area (Å²) in [5.41, 5.74) is 0.933. The zero-order chi connectivity index (χ0) is 16.6. The van der Waals surface area contributed by atoms with Gasteiger partial charge in [0.15, 0.2) is 5.16 Å². The molecule has 0 saturated carbocycles. The Labute approximate surface area is 147 Å². The molecule has 1 aliphatic rings. The first-order chi connectivity index (χ1) is 11.0. The standard InChI is InChI=1S/C15H13Cl2N3O2S/c1-8-6-18-15-20(14(8)22)10(7-23-15)5-13(21)19-12-4-9(16)2-3-11(12)17/h2-4,6,10H,5,7H2,1H3,(H,19,21). The maximum Gasteiger partial charge on any atom is 0.257 e. The average molecular weight is 370 g/mol. The lowest BCUT2D eigenvalue weighted by Crippen LogP contribution is -2.28. The molecule has 0 saturated heterocycles. The molecule has 0 bridgehead atoms. The topological polar surface area (TPSA) is 64.0 Å². The molecule has 120 valence electrons. The van der Waals surface area contributed by atoms with E-state index in [1.165, 1.54) is 11.8 Å². The second kappa shape index (κ2) is 6.55. The van der Waals surface area contributed by atoms with Crippen LogP contribution >= 0.6 is 35.0 Å². The summed E-state index contributed by atoms with van der Waals surface area (Å²) in [5, 5.41) is 4.30. The molecule has 23 heavy (non-hydrogen) atoms. The van der Waals surface area contributed by atoms with Crippen molar-refractivity contribution in [2.45, 2.75) is 24.5 Å². The van der Waals surface area contributed by atoms with Crippen molar-refractivity contribution in [2.75, 3.05) is 11.1 Å². The number of hydrogen-bond donors (Lipinski definition) is 1. The van der Waals surface area contributed by atoms with Crippen LogP contribution in [0.15, 0.2) is 34.3 Å². The van der Waals surface area contributed by atoms with Crippen LogP contribution in [0.5, 0.6) is 0 Å². The number of halogens is 2. The van der Waals surface area contributed by atoms with Gasteiger partial charge in [-0.1, -0.05) is 35.0 Å². The van der Waals surface area contributed by atoms with Crippen LogP contribution in [-0.4, -0.2) is 21.2 Å². The molecular formula is C15H13Cl2N3O2S. The number of thioether (sulfide) groups is 1. The Morgan fingerprint density at radius 1 is 1.48 bits per heavy atom. The average Bonchev–Trinajstić information content (AvgIpc) is 2.90. The number of anilines is 1. The number of carbonyl (C=O) groups excluding carboxylic acids is 1. The van der Waals surface area contributed by atoms with Crippen LogP contribution in [0.3, 0.4) is 0 Å². The lowest BCUT2D eigenvalue weighted by molar-refractivity contribution is -0.116. The van der Waals surface area contributed by atoms with Gasteiger partial charge in [0.2, 0.25) is 5.91 Å². The van der Waals surface area contributed by atoms with Crippen molar-refractivity contribution in [2.24, 2.45) is 0 Å². The zero-order valence-electron chi connectivity index (χ0n) is 12.2. The van der Waals surface area contributed by atoms with Gasteiger partial charge >= 0.3 is 0 Å². The van der Waals surface area contributed by atoms with Crippen LogP contribution in [0.1, 0.15) is 18.0 Å². The molecule has 0 aliphatic carbocycles. The van der Waals surface area contributed by atoms with E-state index in [0.29, 0.717) is 32.2 Å². The summed E-state index contributed by atoms with van der Waals surface area (Å²) in [6.45, 7) is 1.72. The molecule has 5 nitrogen and oxygen atoms in total. The van der Waals surface area contributed by atoms with Gasteiger partial charge in [-0.3, -0.25) is 14.2 Å². The van der Waals surface area contributed by atoms with Crippen molar-refractivity contribution in [3.8, 4) is 0 Å². The molecule has 2 heterocycles. The van der Waals surface area contributed by atoms with Gasteiger partial charge in [-0.2, -0.15) is 0 Å². The zero-order valence-corrected chi connectivity index (χ0v) is 14.5. The van der Waals surface area contributed by atoms with E-state index in [1.807, 2.05) is 0 Å². The molecule has 0 fully saturated rings. The number of aryl methyl sites for hydroxylation is 1. The van der Waals surface area contributed by atoms with E-state index in [4.69, 9.17) is 23.2 Å². The summed E-state index contributed by atoms with van der Waals surface area (Å²) < 4.78 is 1.60. The highest BCUT2D eigenvalue weighted by Crippen LogP contribution is 2.32. The highest BCUT2D eigenvalue weighted by Gasteiger charge is 2.27. The minimum atomic E-state index is -0.221. The summed E-state index contributed by atoms with van der Waals surface area (Å²) in [6.07, 6.45) is 1.74. The van der Waals surface area contributed by atoms with Gasteiger partial charge in [0.1, 0.15) is 0 Å². The predicted octanol–water partition coefficient (Wildman–Crippen LogP) is 3.53. The first kappa shape index (κ1) is 16.4. The Kier molecular flexibility index (Phi) is 4.66. The number of nitrogens with zero attached hydrogens (tertiary/aromatic N) is 2. The van der Waals surface area contributed by atoms with Crippen LogP contribution in [0.4, 0.5) is 5.69 Å². The largest absolute Gasteiger partial charge is 0.325 e. The van der Waals surface area contributed by atoms with Crippen LogP contribution < -0.4 is 10.9 Å². The number of carbonyl (C=O) groups is 1. The van der Waals surface area contributed by atoms with Gasteiger partial charge in [-0.15, -0.1) is 0 Å². The molecule has 1 aliphatic heterocycles. The fourth-order valence-electron chi connectivity index (χ4n) is 2.38. The summed E-state index contributed by atoms with van der Waals surface area (Å²) in [6, 6.07) is 4.65. The number of amides is 1. The minimum Gasteiger partial charge on any atom is -0.325 e. The third-order valence-corrected chi connectivity index (χ3v) is 5.20. The van der Waals surface area contributed by atoms with E-state index < -0.39 is 0 Å². The van der Waals surface area contributed by atoms with Gasteiger partial charge in [0.25, 0.3) is 5.56 Å². The van der Waals surface area contributed by atoms with Crippen molar-refractivity contribution in [3.63, 3.8) is 0 Å². The number of benzene rings is 1. The normalized spacial score (nSPS) is 16.2. The monoisotopic (exact) mass is 369 g/mol. The molecule has 1 aromatic heterocycles. The lowest BCUT2D eigenvalue weighted by Gasteiger charge is -2.14. The van der Waals surface area contributed by atoms with Crippen molar-refractivity contribution >= 4 is 46.6 Å². The van der Waals surface area contributed by atoms with Crippen molar-refractivity contribution < 1.29 is 4.79 Å². The maximum atomic E-state index is 12.3. The molecule has 1 atom stereocenters. The van der Waals surface area contributed by atoms with Gasteiger partial charge in [-0.05, 0) is 25.1 Å². The fraction of sp³-hybridized carbons (Fsp3) is 0.267. The second-order valence-corrected chi connectivity index (χ2v) is 7.07. The number of fused-ring (bicyclic) bond motifs is 1. The molecular weight excluding hydrogens is 357 g/mol. The van der Waals surface area contributed by atoms with Crippen LogP contribution in [0, 0.1) is 6.92 Å². The summed E-state index contributed by atoms with van der Waals surface area (Å²) in [4.78, 5) is 28.8. The van der Waals surface area contributed by atoms with Crippen molar-refractivity contribution in [1.29, 1.82) is 0 Å². The Bertz CT molecular complexity index is 838. The quantitative estimate of drug-likeness (QED) is 0.840. The molecule has 8 heteroatoms. The van der Waals surface area contributed by atoms with Crippen molar-refractivity contribution in [1.82, 2.24) is 9.55 Å². The summed E-state index contributed by atoms with van der Waals surface area (Å²) in [7, 11) is 0. The van der Waals surface area contributed by atoms with Crippen LogP contribution in [-0.2, 0) is 4.79 Å². The van der Waals surface area contributed by atoms with Crippen LogP contribution in [0.2, 0.25) is 10.0 Å². The summed E-state index contributed by atoms with van der Waals surface area (Å²) in [5.74, 6) is 0.420. The second-order valence-electron chi connectivity index (χ2n) is 5.24. The van der Waals surface area contributed by atoms with Crippen molar-refractivity contribution in [3.05, 3.63) is 50.4 Å². The Morgan fingerprint density at radius 3 is 3.04 bits per heavy atom. The van der Waals surface area contributed by atoms with Gasteiger partial charge in [0, 0.05) is 29.0 Å². The maximum absolute atomic E-state index is 12.3. The predicted molar refractivity (Wildman–Crippen MR) is 92.7 cm³/mol. The third-order valence-electron chi connectivity index (χ3n) is 3.52. The number of rotatable bonds is 3. The van der Waals surface area contributed by atoms with Gasteiger partial charge in [-0.25, -0.2) is 4.98 Å². The Balaban J connectivity index is 1.77. The van der Waals surface area contributed by atoms with E-state index in [-0.39, 0.29) is 23.9 Å². The first-order valence-corrected chi connectivity index (χ1v) is 8.65. The molecule has 3 rings (SSSR count). The molecule has 1 amide bonds. The van der Waals surface area contributed by atoms with Gasteiger partial charge in [0.05, 0.1) is 16.8 Å². The van der Waals surface area contributed by atoms with E-state index in [9.17, 15) is 9.59 Å². The first-order valence-electron chi connectivity index (χ1n) is 6.91. The molecule has 1 aromatic carbocycles. The minimum absolute atomic E-state index is 0.0985. The highest BCUT2D eigenvalue weighted by atomic mass is 35.5. The van der Waals surface area contributed by atoms with E-state index >= 15 is 0 Å². The number of nitrogens with one attached hydrogen (secondary N) is 1. The number of hydrogen-bond acceptors (Lipinski definition) is 4. The summed E-state index contributed by atoms with van der Waals surface area (Å²) >= 11 is 13.4. The lowest BCUT2D eigenvalue weighted by atomic mass is 10.2. The Morgan fingerprint density at radius 2 is 2.26 bits per heavy atom. The molecule has 1 unspecified atom stereocenters. The van der Waals surface area contributed by atoms with Crippen LogP contribution in [0.25, 0.3) is 0 Å². The fourth-order valence-corrected chi connectivity index (χ4v) is 3.82. The molecule has 1 N–H and O–H groups in total. The van der Waals surface area contributed by atoms with E-state index in [0.717, 1.165) is 0 Å². The molecule has 2 aromatic rings. The van der Waals surface area contributed by atoms with E-state index in [2.05, 4.69) is 10.3 Å². The molecule has 0 radical (unpaired) electrons. The number of aromatic nitrogens is 2. The SMILES string of the molecule is Cc1cnc2n(c1=O)C(CC(=O)Nc1cc(Cl)ccc1Cl)CS2. The Hall–Kier alpha value is -1.50. The smallest absolute Gasteiger partial charge is 0.257 e. The third kappa shape index (κ3) is 3.39. The molecule has 0 spiro atoms.